The van der Waals surface area contributed by atoms with Crippen molar-refractivity contribution in [3.05, 3.63) is 12.7 Å². The minimum absolute atomic E-state index is 0.448. The number of amides is 1. The number of esters is 1. The molecule has 55 heavy (non-hydrogen) atoms. The third-order valence-electron chi connectivity index (χ3n) is 5.70. The first-order chi connectivity index (χ1) is 24.3. The summed E-state index contributed by atoms with van der Waals surface area (Å²) < 4.78 is 304. The molecule has 0 fully saturated rings. The van der Waals surface area contributed by atoms with Gasteiger partial charge < -0.3 is 29.0 Å². The summed E-state index contributed by atoms with van der Waals surface area (Å²) in [6.07, 6.45) is -38.7. The Balaban J connectivity index is 6.09. The number of alkyl halides is 21. The van der Waals surface area contributed by atoms with E-state index in [4.69, 9.17) is 0 Å². The molecule has 0 aromatic heterocycles. The fraction of sp³-hybridized carbons (Fsp3) is 0.833. The van der Waals surface area contributed by atoms with Gasteiger partial charge in [0.2, 0.25) is 0 Å². The van der Waals surface area contributed by atoms with Gasteiger partial charge >= 0.3 is 72.3 Å². The zero-order valence-electron chi connectivity index (χ0n) is 26.6. The Morgan fingerprint density at radius 3 is 1.38 bits per heavy atom. The van der Waals surface area contributed by atoms with Crippen LogP contribution in [0.4, 0.5) is 97.0 Å². The first-order valence-corrected chi connectivity index (χ1v) is 13.7. The lowest BCUT2D eigenvalue weighted by Gasteiger charge is -2.36. The van der Waals surface area contributed by atoms with E-state index >= 15 is 0 Å². The molecule has 1 N–H and O–H groups in total. The van der Waals surface area contributed by atoms with E-state index in [0.29, 0.717) is 0 Å². The second-order valence-corrected chi connectivity index (χ2v) is 10.2. The molecular formula is C24H24F21NO9. The number of nitrogens with one attached hydrogen (secondary N) is 1. The minimum atomic E-state index is -7.50. The minimum Gasteiger partial charge on any atom is -0.461 e. The van der Waals surface area contributed by atoms with Gasteiger partial charge in [0.1, 0.15) is 32.5 Å². The average Bonchev–Trinajstić information content (AvgIpc) is 2.98. The van der Waals surface area contributed by atoms with Crippen LogP contribution in [0.2, 0.25) is 0 Å². The molecule has 3 atom stereocenters. The Hall–Kier alpha value is -3.19. The maximum atomic E-state index is 14.5. The molecule has 0 aliphatic rings. The Morgan fingerprint density at radius 2 is 1.02 bits per heavy atom. The third kappa shape index (κ3) is 14.1. The van der Waals surface area contributed by atoms with Gasteiger partial charge in [-0.2, -0.15) is 92.2 Å². The Morgan fingerprint density at radius 1 is 0.600 bits per heavy atom. The number of halogens is 21. The lowest BCUT2D eigenvalue weighted by atomic mass is 10.1. The molecule has 0 radical (unpaired) electrons. The first-order valence-electron chi connectivity index (χ1n) is 13.7. The van der Waals surface area contributed by atoms with E-state index in [2.05, 4.69) is 39.7 Å². The summed E-state index contributed by atoms with van der Waals surface area (Å²) >= 11 is 0. The molecular weight excluding hydrogens is 845 g/mol. The maximum absolute atomic E-state index is 14.5. The molecule has 10 nitrogen and oxygen atoms in total. The Labute approximate surface area is 292 Å². The zero-order valence-corrected chi connectivity index (χ0v) is 26.6. The van der Waals surface area contributed by atoms with Crippen molar-refractivity contribution in [3.63, 3.8) is 0 Å². The molecule has 0 aliphatic carbocycles. The van der Waals surface area contributed by atoms with Crippen LogP contribution in [0.25, 0.3) is 0 Å². The molecule has 0 spiro atoms. The number of alkyl carbamates (subject to hydrolysis) is 1. The molecule has 1 amide bonds. The number of ether oxygens (including phenoxy) is 7. The topological polar surface area (TPSA) is 111 Å². The molecule has 0 saturated heterocycles. The molecule has 0 aromatic rings. The van der Waals surface area contributed by atoms with E-state index in [1.54, 1.807) is 0 Å². The van der Waals surface area contributed by atoms with Crippen LogP contribution < -0.4 is 5.32 Å². The largest absolute Gasteiger partial charge is 0.462 e. The zero-order chi connectivity index (χ0) is 43.8. The quantitative estimate of drug-likeness (QED) is 0.0502. The number of hydrogen-bond acceptors (Lipinski definition) is 9. The van der Waals surface area contributed by atoms with Gasteiger partial charge in [0, 0.05) is 13.0 Å². The number of carbonyl (C=O) groups is 2. The van der Waals surface area contributed by atoms with E-state index in [9.17, 15) is 102 Å². The van der Waals surface area contributed by atoms with Gasteiger partial charge in [-0.1, -0.05) is 6.58 Å². The van der Waals surface area contributed by atoms with Crippen molar-refractivity contribution < 1.29 is 135 Å². The van der Waals surface area contributed by atoms with Crippen LogP contribution in [0.1, 0.15) is 6.92 Å². The fourth-order valence-electron chi connectivity index (χ4n) is 2.84. The van der Waals surface area contributed by atoms with E-state index in [0.717, 1.165) is 6.08 Å². The summed E-state index contributed by atoms with van der Waals surface area (Å²) in [7, 11) is 0. The smallest absolute Gasteiger partial charge is 0.461 e. The molecule has 31 heteroatoms. The normalized spacial score (nSPS) is 16.8. The highest BCUT2D eigenvalue weighted by atomic mass is 19.4. The maximum Gasteiger partial charge on any atom is 0.462 e. The van der Waals surface area contributed by atoms with Gasteiger partial charge in [-0.3, -0.25) is 9.47 Å². The van der Waals surface area contributed by atoms with Crippen LogP contribution >= 0.6 is 0 Å². The highest BCUT2D eigenvalue weighted by molar-refractivity contribution is 5.81. The summed E-state index contributed by atoms with van der Waals surface area (Å²) in [5.41, 5.74) is 0. The van der Waals surface area contributed by atoms with Crippen LogP contribution in [-0.2, 0) is 38.0 Å². The molecule has 3 unspecified atom stereocenters. The fourth-order valence-corrected chi connectivity index (χ4v) is 2.84. The highest BCUT2D eigenvalue weighted by Gasteiger charge is 2.78. The molecule has 0 bridgehead atoms. The van der Waals surface area contributed by atoms with Crippen LogP contribution in [0.3, 0.4) is 0 Å². The van der Waals surface area contributed by atoms with Crippen LogP contribution in [0, 0.1) is 0 Å². The predicted molar refractivity (Wildman–Crippen MR) is 130 cm³/mol. The average molecular weight is 869 g/mol. The predicted octanol–water partition coefficient (Wildman–Crippen LogP) is 7.02. The number of rotatable bonds is 23. The van der Waals surface area contributed by atoms with E-state index in [1.165, 1.54) is 0 Å². The molecule has 0 heterocycles. The van der Waals surface area contributed by atoms with Crippen molar-refractivity contribution in [1.82, 2.24) is 5.32 Å². The highest BCUT2D eigenvalue weighted by Crippen LogP contribution is 2.52. The van der Waals surface area contributed by atoms with Crippen molar-refractivity contribution in [1.29, 1.82) is 0 Å². The molecule has 326 valence electrons. The summed E-state index contributed by atoms with van der Waals surface area (Å²) in [6, 6.07) is 0. The van der Waals surface area contributed by atoms with Crippen molar-refractivity contribution >= 4 is 12.1 Å². The number of hydrogen-bond donors (Lipinski definition) is 1. The summed E-state index contributed by atoms with van der Waals surface area (Å²) in [5.74, 6) is -33.6. The van der Waals surface area contributed by atoms with Gasteiger partial charge in [-0.05, 0) is 0 Å². The van der Waals surface area contributed by atoms with Gasteiger partial charge in [0.15, 0.2) is 0 Å². The lowest BCUT2D eigenvalue weighted by molar-refractivity contribution is -0.486. The van der Waals surface area contributed by atoms with Crippen molar-refractivity contribution in [2.75, 3.05) is 52.8 Å². The van der Waals surface area contributed by atoms with Gasteiger partial charge in [0.25, 0.3) is 0 Å². The standard InChI is InChI=1S/C24H24F21NO9/c1-3-13(47)52-5-4-46-14(48)53-7-6-51-12(8-49-10-16(27,20(33,34)35)54-23(42,43)18(29,30)15(2,25)26)9-50-11-17(28,21(36,37)38)55-24(44,45)19(31,32)22(39,40)41/h3,12H,1,4-11H2,2H3,(H,46,48). The van der Waals surface area contributed by atoms with Crippen molar-refractivity contribution in [2.45, 2.75) is 73.3 Å². The molecule has 0 aromatic carbocycles. The van der Waals surface area contributed by atoms with Crippen LogP contribution in [-0.4, -0.2) is 131 Å². The Bertz CT molecular complexity index is 1190. The second-order valence-electron chi connectivity index (χ2n) is 10.2. The van der Waals surface area contributed by atoms with Gasteiger partial charge in [-0.25, -0.2) is 9.59 Å². The van der Waals surface area contributed by atoms with Crippen LogP contribution in [0.5, 0.6) is 0 Å². The van der Waals surface area contributed by atoms with Crippen LogP contribution in [0.15, 0.2) is 12.7 Å². The SMILES string of the molecule is C=CC(=O)OCCNC(=O)OCCOC(COCC(F)(OC(F)(F)C(F)(F)C(C)(F)F)C(F)(F)F)COCC(F)(OC(F)(F)C(F)(F)C(F)(F)F)C(F)(F)F. The monoisotopic (exact) mass is 869 g/mol. The lowest BCUT2D eigenvalue weighted by Crippen LogP contribution is -2.60. The van der Waals surface area contributed by atoms with Gasteiger partial charge in [-0.15, -0.1) is 0 Å². The van der Waals surface area contributed by atoms with E-state index < -0.39 is 138 Å². The van der Waals surface area contributed by atoms with Gasteiger partial charge in [0.05, 0.1) is 26.4 Å². The first kappa shape index (κ1) is 51.8. The molecule has 0 aliphatic heterocycles. The summed E-state index contributed by atoms with van der Waals surface area (Å²) in [4.78, 5) is 22.5. The third-order valence-corrected chi connectivity index (χ3v) is 5.70. The number of carbonyl (C=O) groups excluding carboxylic acids is 2. The Kier molecular flexibility index (Phi) is 17.3. The van der Waals surface area contributed by atoms with Crippen molar-refractivity contribution in [3.8, 4) is 0 Å². The van der Waals surface area contributed by atoms with Crippen molar-refractivity contribution in [2.24, 2.45) is 0 Å². The molecule has 0 saturated carbocycles. The second kappa shape index (κ2) is 18.4. The van der Waals surface area contributed by atoms with E-state index in [1.807, 2.05) is 5.32 Å². The molecule has 0 rings (SSSR count). The van der Waals surface area contributed by atoms with E-state index in [-0.39, 0.29) is 0 Å². The summed E-state index contributed by atoms with van der Waals surface area (Å²) in [5, 5.41) is 1.91. The summed E-state index contributed by atoms with van der Waals surface area (Å²) in [6.45, 7) is -11.1.